The second kappa shape index (κ2) is 7.89. The minimum Gasteiger partial charge on any atom is -0.462 e. The smallest absolute Gasteiger partial charge is 0.345 e. The maximum Gasteiger partial charge on any atom is 0.345 e. The number of esters is 1. The van der Waals surface area contributed by atoms with E-state index < -0.39 is 40.4 Å². The number of hydrogen-bond acceptors (Lipinski definition) is 6. The first kappa shape index (κ1) is 19.7. The highest BCUT2D eigenvalue weighted by atomic mass is 19.1. The Morgan fingerprint density at radius 3 is 2.75 bits per heavy atom. The van der Waals surface area contributed by atoms with Crippen LogP contribution >= 0.6 is 0 Å². The van der Waals surface area contributed by atoms with Gasteiger partial charge in [-0.3, -0.25) is 10.1 Å². The molecule has 0 unspecified atom stereocenters. The van der Waals surface area contributed by atoms with Crippen LogP contribution in [0, 0.1) is 21.7 Å². The Kier molecular flexibility index (Phi) is 5.55. The maximum absolute atomic E-state index is 14.3. The first-order chi connectivity index (χ1) is 13.3. The number of nitrogens with zero attached hydrogens (tertiary/aromatic N) is 2. The number of aliphatic hydroxyl groups excluding tert-OH is 1. The number of benzene rings is 2. The van der Waals surface area contributed by atoms with Gasteiger partial charge in [-0.2, -0.15) is 0 Å². The molecule has 0 aliphatic carbocycles. The molecule has 1 heterocycles. The summed E-state index contributed by atoms with van der Waals surface area (Å²) < 4.78 is 32.8. The van der Waals surface area contributed by atoms with Gasteiger partial charge >= 0.3 is 5.97 Å². The summed E-state index contributed by atoms with van der Waals surface area (Å²) >= 11 is 0. The molecule has 1 fully saturated rings. The molecule has 0 amide bonds. The van der Waals surface area contributed by atoms with Crippen molar-refractivity contribution in [3.63, 3.8) is 0 Å². The molecule has 9 heteroatoms. The Balaban J connectivity index is 2.05. The third-order valence-electron chi connectivity index (χ3n) is 4.60. The van der Waals surface area contributed by atoms with Crippen molar-refractivity contribution in [1.82, 2.24) is 0 Å². The van der Waals surface area contributed by atoms with Crippen LogP contribution in [-0.2, 0) is 4.74 Å². The molecule has 1 N–H and O–H groups in total. The Bertz CT molecular complexity index is 921. The number of carbonyl (C=O) groups is 1. The third-order valence-corrected chi connectivity index (χ3v) is 4.60. The van der Waals surface area contributed by atoms with Crippen molar-refractivity contribution < 1.29 is 28.3 Å². The SMILES string of the molecule is CCOC(=O)c1cc(N2C[C@@H](O)C[C@H]2c2cc(F)ccc2F)ccc1[N+](=O)[O-]. The molecule has 2 aromatic rings. The van der Waals surface area contributed by atoms with Crippen LogP contribution in [0.15, 0.2) is 36.4 Å². The summed E-state index contributed by atoms with van der Waals surface area (Å²) in [6.45, 7) is 1.72. The summed E-state index contributed by atoms with van der Waals surface area (Å²) in [5.41, 5.74) is -0.244. The molecule has 2 atom stereocenters. The Hall–Kier alpha value is -3.07. The van der Waals surface area contributed by atoms with Gasteiger partial charge in [-0.25, -0.2) is 13.6 Å². The van der Waals surface area contributed by atoms with Crippen molar-refractivity contribution >= 4 is 17.3 Å². The lowest BCUT2D eigenvalue weighted by Crippen LogP contribution is -2.25. The average Bonchev–Trinajstić information content (AvgIpc) is 3.04. The van der Waals surface area contributed by atoms with Crippen LogP contribution in [0.4, 0.5) is 20.2 Å². The first-order valence-electron chi connectivity index (χ1n) is 8.67. The van der Waals surface area contributed by atoms with Gasteiger partial charge in [0, 0.05) is 23.9 Å². The van der Waals surface area contributed by atoms with E-state index in [0.29, 0.717) is 5.69 Å². The van der Waals surface area contributed by atoms with Crippen LogP contribution < -0.4 is 4.90 Å². The molecule has 0 aromatic heterocycles. The zero-order chi connectivity index (χ0) is 20.4. The molecule has 1 aliphatic heterocycles. The number of β-amino-alcohol motifs (C(OH)–C–C–N with tert-alkyl or cyclic N) is 1. The van der Waals surface area contributed by atoms with Crippen LogP contribution in [0.1, 0.15) is 35.3 Å². The average molecular weight is 392 g/mol. The zero-order valence-corrected chi connectivity index (χ0v) is 15.0. The fraction of sp³-hybridized carbons (Fsp3) is 0.316. The van der Waals surface area contributed by atoms with Crippen LogP contribution in [0.3, 0.4) is 0 Å². The number of nitro groups is 1. The molecular weight excluding hydrogens is 374 g/mol. The van der Waals surface area contributed by atoms with Crippen LogP contribution in [0.25, 0.3) is 0 Å². The topological polar surface area (TPSA) is 92.9 Å². The predicted molar refractivity (Wildman–Crippen MR) is 96.1 cm³/mol. The molecule has 7 nitrogen and oxygen atoms in total. The molecule has 2 aromatic carbocycles. The molecular formula is C19H18F2N2O5. The van der Waals surface area contributed by atoms with E-state index in [1.54, 1.807) is 11.8 Å². The number of carbonyl (C=O) groups excluding carboxylic acids is 1. The molecule has 3 rings (SSSR count). The maximum atomic E-state index is 14.3. The molecule has 0 spiro atoms. The van der Waals surface area contributed by atoms with Crippen molar-refractivity contribution in [1.29, 1.82) is 0 Å². The van der Waals surface area contributed by atoms with E-state index in [4.69, 9.17) is 4.74 Å². The minimum atomic E-state index is -0.857. The first-order valence-corrected chi connectivity index (χ1v) is 8.67. The van der Waals surface area contributed by atoms with E-state index >= 15 is 0 Å². The number of anilines is 1. The number of aliphatic hydroxyl groups is 1. The van der Waals surface area contributed by atoms with E-state index in [-0.39, 0.29) is 30.7 Å². The molecule has 1 aliphatic rings. The van der Waals surface area contributed by atoms with Gasteiger partial charge in [0.2, 0.25) is 0 Å². The molecule has 0 radical (unpaired) electrons. The molecule has 148 valence electrons. The summed E-state index contributed by atoms with van der Waals surface area (Å²) in [6, 6.07) is 6.21. The fourth-order valence-electron chi connectivity index (χ4n) is 3.40. The Labute approximate surface area is 159 Å². The van der Waals surface area contributed by atoms with Gasteiger partial charge in [-0.05, 0) is 43.7 Å². The van der Waals surface area contributed by atoms with E-state index in [0.717, 1.165) is 24.3 Å². The van der Waals surface area contributed by atoms with E-state index in [1.807, 2.05) is 0 Å². The second-order valence-electron chi connectivity index (χ2n) is 6.40. The largest absolute Gasteiger partial charge is 0.462 e. The fourth-order valence-corrected chi connectivity index (χ4v) is 3.40. The number of halogens is 2. The van der Waals surface area contributed by atoms with Gasteiger partial charge in [0.05, 0.1) is 23.7 Å². The number of hydrogen-bond donors (Lipinski definition) is 1. The monoisotopic (exact) mass is 392 g/mol. The van der Waals surface area contributed by atoms with Crippen molar-refractivity contribution in [2.75, 3.05) is 18.1 Å². The van der Waals surface area contributed by atoms with E-state index in [1.165, 1.54) is 12.1 Å². The highest BCUT2D eigenvalue weighted by Crippen LogP contribution is 2.39. The van der Waals surface area contributed by atoms with Crippen LogP contribution in [0.5, 0.6) is 0 Å². The summed E-state index contributed by atoms with van der Waals surface area (Å²) in [6.07, 6.45) is -0.666. The van der Waals surface area contributed by atoms with E-state index in [9.17, 15) is 28.8 Å². The van der Waals surface area contributed by atoms with Crippen molar-refractivity contribution in [3.05, 3.63) is 69.3 Å². The highest BCUT2D eigenvalue weighted by molar-refractivity contribution is 5.95. The number of nitro benzene ring substituents is 1. The van der Waals surface area contributed by atoms with Gasteiger partial charge < -0.3 is 14.7 Å². The summed E-state index contributed by atoms with van der Waals surface area (Å²) in [4.78, 5) is 24.3. The van der Waals surface area contributed by atoms with Crippen LogP contribution in [0.2, 0.25) is 0 Å². The normalized spacial score (nSPS) is 18.9. The van der Waals surface area contributed by atoms with Gasteiger partial charge in [-0.15, -0.1) is 0 Å². The zero-order valence-electron chi connectivity index (χ0n) is 15.0. The lowest BCUT2D eigenvalue weighted by molar-refractivity contribution is -0.385. The van der Waals surface area contributed by atoms with Gasteiger partial charge in [0.15, 0.2) is 0 Å². The standard InChI is InChI=1S/C19H18F2N2O5/c1-2-28-19(25)15-8-12(4-6-17(15)23(26)27)22-10-13(24)9-18(22)14-7-11(20)3-5-16(14)21/h3-8,13,18,24H,2,9-10H2,1H3/t13-,18-/m0/s1. The third kappa shape index (κ3) is 3.79. The van der Waals surface area contributed by atoms with Crippen molar-refractivity contribution in [2.45, 2.75) is 25.5 Å². The summed E-state index contributed by atoms with van der Waals surface area (Å²) in [5, 5.41) is 21.3. The summed E-state index contributed by atoms with van der Waals surface area (Å²) in [7, 11) is 0. The summed E-state index contributed by atoms with van der Waals surface area (Å²) in [5.74, 6) is -2.10. The number of ether oxygens (including phenoxy) is 1. The highest BCUT2D eigenvalue weighted by Gasteiger charge is 2.35. The predicted octanol–water partition coefficient (Wildman–Crippen LogP) is 3.36. The van der Waals surface area contributed by atoms with Crippen molar-refractivity contribution in [2.24, 2.45) is 0 Å². The second-order valence-corrected chi connectivity index (χ2v) is 6.40. The Morgan fingerprint density at radius 1 is 1.32 bits per heavy atom. The molecule has 0 saturated carbocycles. The van der Waals surface area contributed by atoms with E-state index in [2.05, 4.69) is 0 Å². The molecule has 1 saturated heterocycles. The minimum absolute atomic E-state index is 0.0414. The lowest BCUT2D eigenvalue weighted by atomic mass is 10.0. The van der Waals surface area contributed by atoms with Crippen LogP contribution in [-0.4, -0.2) is 35.3 Å². The van der Waals surface area contributed by atoms with Gasteiger partial charge in [0.1, 0.15) is 17.2 Å². The molecule has 0 bridgehead atoms. The van der Waals surface area contributed by atoms with Crippen molar-refractivity contribution in [3.8, 4) is 0 Å². The Morgan fingerprint density at radius 2 is 2.07 bits per heavy atom. The molecule has 28 heavy (non-hydrogen) atoms. The number of rotatable bonds is 5. The van der Waals surface area contributed by atoms with Gasteiger partial charge in [-0.1, -0.05) is 0 Å². The van der Waals surface area contributed by atoms with Gasteiger partial charge in [0.25, 0.3) is 5.69 Å². The lowest BCUT2D eigenvalue weighted by Gasteiger charge is -2.27. The quantitative estimate of drug-likeness (QED) is 0.477.